The van der Waals surface area contributed by atoms with Crippen LogP contribution in [-0.4, -0.2) is 57.4 Å². The fourth-order valence-electron chi connectivity index (χ4n) is 1.91. The van der Waals surface area contributed by atoms with Gasteiger partial charge in [-0.2, -0.15) is 13.2 Å². The molecule has 0 aliphatic heterocycles. The third-order valence-corrected chi connectivity index (χ3v) is 3.17. The van der Waals surface area contributed by atoms with Crippen molar-refractivity contribution in [1.82, 2.24) is 15.5 Å². The largest absolute Gasteiger partial charge is 0.492 e. The smallest absolute Gasteiger partial charge is 0.390 e. The van der Waals surface area contributed by atoms with Gasteiger partial charge in [-0.05, 0) is 38.7 Å². The zero-order valence-corrected chi connectivity index (χ0v) is 15.0. The van der Waals surface area contributed by atoms with E-state index in [1.807, 2.05) is 50.2 Å². The molecule has 0 aliphatic carbocycles. The molecule has 2 N–H and O–H groups in total. The fraction of sp³-hybridized carbons (Fsp3) is 0.588. The van der Waals surface area contributed by atoms with Gasteiger partial charge in [-0.25, -0.2) is 4.99 Å². The van der Waals surface area contributed by atoms with Crippen molar-refractivity contribution >= 4 is 5.96 Å². The summed E-state index contributed by atoms with van der Waals surface area (Å²) < 4.78 is 42.3. The van der Waals surface area contributed by atoms with E-state index in [-0.39, 0.29) is 6.54 Å². The molecular formula is C17H27F3N4O. The Hall–Kier alpha value is -1.96. The van der Waals surface area contributed by atoms with Gasteiger partial charge in [0.15, 0.2) is 5.96 Å². The van der Waals surface area contributed by atoms with Gasteiger partial charge in [0.1, 0.15) is 12.4 Å². The zero-order valence-electron chi connectivity index (χ0n) is 15.0. The number of nitrogens with zero attached hydrogens (tertiary/aromatic N) is 2. The maximum atomic E-state index is 12.2. The average Bonchev–Trinajstić information content (AvgIpc) is 2.51. The monoisotopic (exact) mass is 360 g/mol. The topological polar surface area (TPSA) is 48.9 Å². The van der Waals surface area contributed by atoms with Crippen LogP contribution in [0, 0.1) is 0 Å². The molecule has 0 aliphatic rings. The van der Waals surface area contributed by atoms with E-state index < -0.39 is 12.6 Å². The number of hydrogen-bond donors (Lipinski definition) is 2. The minimum absolute atomic E-state index is 0.205. The molecule has 1 rings (SSSR count). The Balaban J connectivity index is 2.56. The Morgan fingerprint density at radius 3 is 2.64 bits per heavy atom. The molecular weight excluding hydrogens is 333 g/mol. The summed E-state index contributed by atoms with van der Waals surface area (Å²) >= 11 is 0. The Morgan fingerprint density at radius 2 is 2.00 bits per heavy atom. The highest BCUT2D eigenvalue weighted by molar-refractivity contribution is 5.79. The zero-order chi connectivity index (χ0) is 18.7. The minimum Gasteiger partial charge on any atom is -0.492 e. The van der Waals surface area contributed by atoms with Gasteiger partial charge in [-0.3, -0.25) is 0 Å². The summed E-state index contributed by atoms with van der Waals surface area (Å²) in [6.07, 6.45) is -5.07. The van der Waals surface area contributed by atoms with Gasteiger partial charge in [0.05, 0.1) is 13.0 Å². The Bertz CT molecular complexity index is 533. The van der Waals surface area contributed by atoms with Gasteiger partial charge in [-0.15, -0.1) is 0 Å². The standard InChI is InChI=1S/C17H27F3N4O/c1-4-21-16(22-9-8-17(18,19)20)23-13-14-6-5-7-15(12-14)25-11-10-24(2)3/h5-7,12H,4,8-11,13H2,1-3H3,(H2,21,22,23). The molecule has 0 atom stereocenters. The number of benzene rings is 1. The molecule has 1 aromatic rings. The van der Waals surface area contributed by atoms with E-state index in [0.29, 0.717) is 25.7 Å². The Labute approximate surface area is 147 Å². The second-order valence-corrected chi connectivity index (χ2v) is 5.79. The first-order valence-electron chi connectivity index (χ1n) is 8.25. The van der Waals surface area contributed by atoms with Crippen LogP contribution in [0.4, 0.5) is 13.2 Å². The molecule has 0 saturated carbocycles. The van der Waals surface area contributed by atoms with Crippen LogP contribution >= 0.6 is 0 Å². The summed E-state index contributed by atoms with van der Waals surface area (Å²) in [6, 6.07) is 7.54. The molecule has 0 fully saturated rings. The molecule has 5 nitrogen and oxygen atoms in total. The van der Waals surface area contributed by atoms with Crippen LogP contribution in [0.15, 0.2) is 29.3 Å². The SMILES string of the molecule is CCNC(=NCc1cccc(OCCN(C)C)c1)NCCC(F)(F)F. The van der Waals surface area contributed by atoms with Crippen molar-refractivity contribution in [3.05, 3.63) is 29.8 Å². The summed E-state index contributed by atoms with van der Waals surface area (Å²) in [5, 5.41) is 5.63. The third-order valence-electron chi connectivity index (χ3n) is 3.17. The molecule has 1 aromatic carbocycles. The lowest BCUT2D eigenvalue weighted by molar-refractivity contribution is -0.132. The van der Waals surface area contributed by atoms with Crippen LogP contribution in [0.5, 0.6) is 5.75 Å². The molecule has 0 radical (unpaired) electrons. The van der Waals surface area contributed by atoms with Gasteiger partial charge >= 0.3 is 6.18 Å². The molecule has 0 bridgehead atoms. The highest BCUT2D eigenvalue weighted by Gasteiger charge is 2.26. The highest BCUT2D eigenvalue weighted by Crippen LogP contribution is 2.18. The van der Waals surface area contributed by atoms with Crippen molar-refractivity contribution in [3.8, 4) is 5.75 Å². The maximum absolute atomic E-state index is 12.2. The van der Waals surface area contributed by atoms with Gasteiger partial charge in [-0.1, -0.05) is 12.1 Å². The van der Waals surface area contributed by atoms with Crippen LogP contribution in [-0.2, 0) is 6.54 Å². The summed E-state index contributed by atoms with van der Waals surface area (Å²) in [6.45, 7) is 3.98. The van der Waals surface area contributed by atoms with E-state index in [2.05, 4.69) is 15.6 Å². The number of guanidine groups is 1. The second kappa shape index (κ2) is 10.8. The Morgan fingerprint density at radius 1 is 1.24 bits per heavy atom. The first-order chi connectivity index (χ1) is 11.8. The average molecular weight is 360 g/mol. The summed E-state index contributed by atoms with van der Waals surface area (Å²) in [7, 11) is 3.95. The summed E-state index contributed by atoms with van der Waals surface area (Å²) in [4.78, 5) is 6.35. The minimum atomic E-state index is -4.18. The molecule has 0 spiro atoms. The lowest BCUT2D eigenvalue weighted by Crippen LogP contribution is -2.38. The van der Waals surface area contributed by atoms with E-state index in [0.717, 1.165) is 17.9 Å². The number of nitrogens with one attached hydrogen (secondary N) is 2. The number of likely N-dealkylation sites (N-methyl/N-ethyl adjacent to an activating group) is 1. The third kappa shape index (κ3) is 10.5. The normalized spacial score (nSPS) is 12.4. The quantitative estimate of drug-likeness (QED) is 0.525. The first-order valence-corrected chi connectivity index (χ1v) is 8.25. The predicted molar refractivity (Wildman–Crippen MR) is 94.0 cm³/mol. The Kier molecular flexibility index (Phi) is 9.12. The van der Waals surface area contributed by atoms with E-state index in [1.165, 1.54) is 0 Å². The van der Waals surface area contributed by atoms with Crippen molar-refractivity contribution in [2.75, 3.05) is 40.3 Å². The van der Waals surface area contributed by atoms with Gasteiger partial charge < -0.3 is 20.3 Å². The van der Waals surface area contributed by atoms with E-state index >= 15 is 0 Å². The molecule has 0 heterocycles. The number of ether oxygens (including phenoxy) is 1. The van der Waals surface area contributed by atoms with Crippen LogP contribution in [0.3, 0.4) is 0 Å². The van der Waals surface area contributed by atoms with Crippen molar-refractivity contribution in [2.24, 2.45) is 4.99 Å². The van der Waals surface area contributed by atoms with Gasteiger partial charge in [0.2, 0.25) is 0 Å². The molecule has 0 amide bonds. The number of halogens is 3. The maximum Gasteiger partial charge on any atom is 0.390 e. The van der Waals surface area contributed by atoms with Crippen LogP contribution < -0.4 is 15.4 Å². The van der Waals surface area contributed by atoms with Crippen LogP contribution in [0.2, 0.25) is 0 Å². The fourth-order valence-corrected chi connectivity index (χ4v) is 1.91. The highest BCUT2D eigenvalue weighted by atomic mass is 19.4. The molecule has 25 heavy (non-hydrogen) atoms. The lowest BCUT2D eigenvalue weighted by Gasteiger charge is -2.13. The van der Waals surface area contributed by atoms with E-state index in [1.54, 1.807) is 0 Å². The number of aliphatic imine (C=N–C) groups is 1. The molecule has 0 unspecified atom stereocenters. The number of hydrogen-bond acceptors (Lipinski definition) is 3. The summed E-state index contributed by atoms with van der Waals surface area (Å²) in [5.74, 6) is 1.12. The molecule has 0 saturated heterocycles. The van der Waals surface area contributed by atoms with Crippen molar-refractivity contribution in [2.45, 2.75) is 26.1 Å². The molecule has 142 valence electrons. The van der Waals surface area contributed by atoms with Crippen molar-refractivity contribution in [3.63, 3.8) is 0 Å². The van der Waals surface area contributed by atoms with Crippen molar-refractivity contribution < 1.29 is 17.9 Å². The van der Waals surface area contributed by atoms with E-state index in [4.69, 9.17) is 4.74 Å². The molecule has 0 aromatic heterocycles. The predicted octanol–water partition coefficient (Wildman–Crippen LogP) is 2.63. The van der Waals surface area contributed by atoms with E-state index in [9.17, 15) is 13.2 Å². The number of rotatable bonds is 9. The second-order valence-electron chi connectivity index (χ2n) is 5.79. The van der Waals surface area contributed by atoms with Gasteiger partial charge in [0.25, 0.3) is 0 Å². The van der Waals surface area contributed by atoms with Crippen LogP contribution in [0.25, 0.3) is 0 Å². The lowest BCUT2D eigenvalue weighted by atomic mass is 10.2. The van der Waals surface area contributed by atoms with Gasteiger partial charge in [0, 0.05) is 19.6 Å². The van der Waals surface area contributed by atoms with Crippen LogP contribution in [0.1, 0.15) is 18.9 Å². The molecule has 8 heteroatoms. The van der Waals surface area contributed by atoms with Crippen molar-refractivity contribution in [1.29, 1.82) is 0 Å². The first kappa shape index (κ1) is 21.1. The summed E-state index contributed by atoms with van der Waals surface area (Å²) in [5.41, 5.74) is 0.926. The number of alkyl halides is 3.